The number of aromatic nitrogens is 1. The molecule has 1 aromatic heterocycles. The Kier molecular flexibility index (Phi) is 3.98. The Bertz CT molecular complexity index is 571. The van der Waals surface area contributed by atoms with Crippen molar-refractivity contribution in [3.8, 4) is 0 Å². The molecule has 1 aromatic carbocycles. The average Bonchev–Trinajstić information content (AvgIpc) is 2.89. The van der Waals surface area contributed by atoms with Crippen LogP contribution in [0.2, 0.25) is 0 Å². The minimum atomic E-state index is -0.0110. The van der Waals surface area contributed by atoms with Gasteiger partial charge in [0, 0.05) is 7.05 Å². The molecule has 0 aliphatic carbocycles. The van der Waals surface area contributed by atoms with Crippen LogP contribution in [0.25, 0.3) is 10.2 Å². The molecular weight excluding hydrogens is 270 g/mol. The molecule has 5 heteroatoms. The van der Waals surface area contributed by atoms with E-state index in [0.717, 1.165) is 29.9 Å². The van der Waals surface area contributed by atoms with Crippen LogP contribution in [0.15, 0.2) is 24.3 Å². The van der Waals surface area contributed by atoms with Crippen LogP contribution in [-0.4, -0.2) is 35.4 Å². The lowest BCUT2D eigenvalue weighted by molar-refractivity contribution is -0.133. The van der Waals surface area contributed by atoms with Crippen molar-refractivity contribution in [1.29, 1.82) is 0 Å². The maximum atomic E-state index is 12.4. The van der Waals surface area contributed by atoms with Crippen LogP contribution < -0.4 is 5.32 Å². The molecule has 20 heavy (non-hydrogen) atoms. The highest BCUT2D eigenvalue weighted by molar-refractivity contribution is 7.18. The SMILES string of the molecule is CN(Cc1nc2ccccc2s1)C(=O)[C@@H]1CCCCN1. The number of nitrogens with one attached hydrogen (secondary N) is 1. The summed E-state index contributed by atoms with van der Waals surface area (Å²) in [6.07, 6.45) is 3.26. The van der Waals surface area contributed by atoms with Gasteiger partial charge < -0.3 is 10.2 Å². The molecular formula is C15H19N3OS. The number of piperidine rings is 1. The fourth-order valence-electron chi connectivity index (χ4n) is 2.60. The van der Waals surface area contributed by atoms with Gasteiger partial charge in [0.2, 0.25) is 5.91 Å². The second-order valence-electron chi connectivity index (χ2n) is 5.27. The monoisotopic (exact) mass is 289 g/mol. The highest BCUT2D eigenvalue weighted by Crippen LogP contribution is 2.22. The summed E-state index contributed by atoms with van der Waals surface area (Å²) < 4.78 is 1.18. The summed E-state index contributed by atoms with van der Waals surface area (Å²) in [5, 5.41) is 4.30. The predicted octanol–water partition coefficient (Wildman–Crippen LogP) is 2.40. The van der Waals surface area contributed by atoms with Gasteiger partial charge in [-0.3, -0.25) is 4.79 Å². The van der Waals surface area contributed by atoms with Crippen LogP contribution in [0.3, 0.4) is 0 Å². The van der Waals surface area contributed by atoms with E-state index in [1.807, 2.05) is 25.2 Å². The molecule has 1 atom stereocenters. The molecule has 2 heterocycles. The number of nitrogens with zero attached hydrogens (tertiary/aromatic N) is 2. The largest absolute Gasteiger partial charge is 0.338 e. The fraction of sp³-hybridized carbons (Fsp3) is 0.467. The Labute approximate surface area is 122 Å². The quantitative estimate of drug-likeness (QED) is 0.943. The molecule has 3 rings (SSSR count). The van der Waals surface area contributed by atoms with Crippen LogP contribution in [0.4, 0.5) is 0 Å². The molecule has 106 valence electrons. The first-order valence-corrected chi connectivity index (χ1v) is 7.88. The van der Waals surface area contributed by atoms with E-state index < -0.39 is 0 Å². The van der Waals surface area contributed by atoms with Crippen molar-refractivity contribution in [2.24, 2.45) is 0 Å². The highest BCUT2D eigenvalue weighted by atomic mass is 32.1. The van der Waals surface area contributed by atoms with Crippen LogP contribution in [0.5, 0.6) is 0 Å². The number of rotatable bonds is 3. The van der Waals surface area contributed by atoms with E-state index in [4.69, 9.17) is 0 Å². The van der Waals surface area contributed by atoms with Crippen molar-refractivity contribution in [2.75, 3.05) is 13.6 Å². The third-order valence-electron chi connectivity index (χ3n) is 3.70. The number of hydrogen-bond donors (Lipinski definition) is 1. The van der Waals surface area contributed by atoms with Gasteiger partial charge in [-0.15, -0.1) is 11.3 Å². The van der Waals surface area contributed by atoms with Gasteiger partial charge in [0.25, 0.3) is 0 Å². The van der Waals surface area contributed by atoms with Gasteiger partial charge >= 0.3 is 0 Å². The van der Waals surface area contributed by atoms with Crippen LogP contribution in [-0.2, 0) is 11.3 Å². The normalized spacial score (nSPS) is 19.1. The van der Waals surface area contributed by atoms with Gasteiger partial charge in [-0.1, -0.05) is 18.6 Å². The minimum absolute atomic E-state index is 0.0110. The number of carbonyl (C=O) groups excluding carboxylic acids is 1. The molecule has 1 saturated heterocycles. The van der Waals surface area contributed by atoms with E-state index in [0.29, 0.717) is 6.54 Å². The van der Waals surface area contributed by atoms with Crippen LogP contribution in [0, 0.1) is 0 Å². The maximum Gasteiger partial charge on any atom is 0.239 e. The zero-order valence-electron chi connectivity index (χ0n) is 11.6. The molecule has 0 spiro atoms. The molecule has 0 radical (unpaired) electrons. The Morgan fingerprint density at radius 2 is 2.30 bits per heavy atom. The lowest BCUT2D eigenvalue weighted by Crippen LogP contribution is -2.46. The first-order valence-electron chi connectivity index (χ1n) is 7.07. The lowest BCUT2D eigenvalue weighted by atomic mass is 10.0. The van der Waals surface area contributed by atoms with Crippen molar-refractivity contribution in [1.82, 2.24) is 15.2 Å². The maximum absolute atomic E-state index is 12.4. The summed E-state index contributed by atoms with van der Waals surface area (Å²) in [5.41, 5.74) is 1.02. The minimum Gasteiger partial charge on any atom is -0.338 e. The summed E-state index contributed by atoms with van der Waals surface area (Å²) in [6.45, 7) is 1.54. The molecule has 0 unspecified atom stereocenters. The van der Waals surface area contributed by atoms with Crippen LogP contribution >= 0.6 is 11.3 Å². The van der Waals surface area contributed by atoms with E-state index in [1.165, 1.54) is 11.1 Å². The summed E-state index contributed by atoms with van der Waals surface area (Å²) in [7, 11) is 1.87. The van der Waals surface area contributed by atoms with Crippen molar-refractivity contribution in [3.05, 3.63) is 29.3 Å². The summed E-state index contributed by atoms with van der Waals surface area (Å²) >= 11 is 1.66. The summed E-state index contributed by atoms with van der Waals surface area (Å²) in [5.74, 6) is 0.184. The van der Waals surface area contributed by atoms with Gasteiger partial charge in [0.1, 0.15) is 5.01 Å². The van der Waals surface area contributed by atoms with Crippen molar-refractivity contribution in [3.63, 3.8) is 0 Å². The topological polar surface area (TPSA) is 45.2 Å². The number of amides is 1. The molecule has 0 saturated carbocycles. The Morgan fingerprint density at radius 3 is 3.05 bits per heavy atom. The van der Waals surface area contributed by atoms with Gasteiger partial charge in [-0.2, -0.15) is 0 Å². The number of benzene rings is 1. The van der Waals surface area contributed by atoms with E-state index in [1.54, 1.807) is 16.2 Å². The molecule has 1 fully saturated rings. The smallest absolute Gasteiger partial charge is 0.239 e. The lowest BCUT2D eigenvalue weighted by Gasteiger charge is -2.26. The molecule has 1 amide bonds. The number of hydrogen-bond acceptors (Lipinski definition) is 4. The van der Waals surface area contributed by atoms with E-state index in [-0.39, 0.29) is 11.9 Å². The molecule has 1 N–H and O–H groups in total. The Morgan fingerprint density at radius 1 is 1.45 bits per heavy atom. The van der Waals surface area contributed by atoms with Gasteiger partial charge in [-0.25, -0.2) is 4.98 Å². The Hall–Kier alpha value is -1.46. The van der Waals surface area contributed by atoms with Gasteiger partial charge in [0.05, 0.1) is 22.8 Å². The predicted molar refractivity (Wildman–Crippen MR) is 81.7 cm³/mol. The average molecular weight is 289 g/mol. The Balaban J connectivity index is 1.68. The second-order valence-corrected chi connectivity index (χ2v) is 6.39. The molecule has 4 nitrogen and oxygen atoms in total. The molecule has 1 aliphatic rings. The molecule has 1 aliphatic heterocycles. The number of para-hydroxylation sites is 1. The number of thiazole rings is 1. The first-order chi connectivity index (χ1) is 9.74. The summed E-state index contributed by atoms with van der Waals surface area (Å²) in [6, 6.07) is 8.08. The summed E-state index contributed by atoms with van der Waals surface area (Å²) in [4.78, 5) is 18.7. The fourth-order valence-corrected chi connectivity index (χ4v) is 3.62. The third-order valence-corrected chi connectivity index (χ3v) is 4.72. The highest BCUT2D eigenvalue weighted by Gasteiger charge is 2.24. The zero-order valence-corrected chi connectivity index (χ0v) is 12.4. The van der Waals surface area contributed by atoms with Crippen molar-refractivity contribution < 1.29 is 4.79 Å². The van der Waals surface area contributed by atoms with Crippen LogP contribution in [0.1, 0.15) is 24.3 Å². The number of fused-ring (bicyclic) bond motifs is 1. The third kappa shape index (κ3) is 2.83. The first kappa shape index (κ1) is 13.5. The standard InChI is InChI=1S/C15H19N3OS/c1-18(15(19)12-7-4-5-9-16-12)10-14-17-11-6-2-3-8-13(11)20-14/h2-3,6,8,12,16H,4-5,7,9-10H2,1H3/t12-/m0/s1. The van der Waals surface area contributed by atoms with Crippen molar-refractivity contribution in [2.45, 2.75) is 31.8 Å². The van der Waals surface area contributed by atoms with Gasteiger partial charge in [0.15, 0.2) is 0 Å². The molecule has 0 bridgehead atoms. The molecule has 2 aromatic rings. The van der Waals surface area contributed by atoms with Gasteiger partial charge in [-0.05, 0) is 31.5 Å². The zero-order chi connectivity index (χ0) is 13.9. The van der Waals surface area contributed by atoms with E-state index in [9.17, 15) is 4.79 Å². The number of likely N-dealkylation sites (N-methyl/N-ethyl adjacent to an activating group) is 1. The van der Waals surface area contributed by atoms with E-state index in [2.05, 4.69) is 16.4 Å². The van der Waals surface area contributed by atoms with Crippen molar-refractivity contribution >= 4 is 27.5 Å². The second kappa shape index (κ2) is 5.89. The van der Waals surface area contributed by atoms with E-state index >= 15 is 0 Å². The number of carbonyl (C=O) groups is 1.